The minimum atomic E-state index is -4.45. The van der Waals surface area contributed by atoms with Gasteiger partial charge in [-0.1, -0.05) is 12.1 Å². The third-order valence-corrected chi connectivity index (χ3v) is 5.03. The van der Waals surface area contributed by atoms with Gasteiger partial charge in [0.1, 0.15) is 0 Å². The third-order valence-electron chi connectivity index (χ3n) is 5.03. The Hall–Kier alpha value is -1.87. The quantitative estimate of drug-likeness (QED) is 0.593. The van der Waals surface area contributed by atoms with E-state index >= 15 is 0 Å². The minimum Gasteiger partial charge on any atom is -0.385 e. The average Bonchev–Trinajstić information content (AvgIpc) is 2.59. The van der Waals surface area contributed by atoms with E-state index in [2.05, 4.69) is 5.59 Å². The Balaban J connectivity index is 1.94. The van der Waals surface area contributed by atoms with Crippen molar-refractivity contribution in [1.29, 1.82) is 0 Å². The topological polar surface area (TPSA) is 64.8 Å². The van der Waals surface area contributed by atoms with Gasteiger partial charge in [0, 0.05) is 5.59 Å². The summed E-state index contributed by atoms with van der Waals surface area (Å²) in [5, 5.41) is 12.2. The van der Waals surface area contributed by atoms with Crippen LogP contribution in [0.2, 0.25) is 0 Å². The molecule has 0 amide bonds. The molecule has 0 spiro atoms. The molecule has 1 aliphatic carbocycles. The van der Waals surface area contributed by atoms with E-state index in [-0.39, 0.29) is 24.5 Å². The van der Waals surface area contributed by atoms with E-state index in [9.17, 15) is 23.2 Å². The normalized spacial score (nSPS) is 23.8. The summed E-state index contributed by atoms with van der Waals surface area (Å²) in [6.45, 7) is 5.61. The fourth-order valence-electron chi connectivity index (χ4n) is 2.91. The van der Waals surface area contributed by atoms with Crippen LogP contribution in [0.15, 0.2) is 24.3 Å². The summed E-state index contributed by atoms with van der Waals surface area (Å²) in [4.78, 5) is 17.9. The van der Waals surface area contributed by atoms with Crippen LogP contribution in [-0.2, 0) is 16.6 Å². The molecule has 9 heteroatoms. The minimum absolute atomic E-state index is 0.245. The van der Waals surface area contributed by atoms with Crippen molar-refractivity contribution in [3.8, 4) is 0 Å². The standard InChI is InChI=1S/C18H27F3N3O3/c1-16(2,3)23(4)24(26)22-27-15-8-10-17(25,11-9-15)13-6-5-7-14(12-13)18(19,20)21/h5-7,12,15,25H,8-11H2,1-4H3,(H,22,26)/q+1. The van der Waals surface area contributed by atoms with Crippen molar-refractivity contribution in [3.63, 3.8) is 0 Å². The largest absolute Gasteiger partial charge is 0.416 e. The number of hydrazine groups is 2. The van der Waals surface area contributed by atoms with Crippen molar-refractivity contribution in [2.24, 2.45) is 0 Å². The summed E-state index contributed by atoms with van der Waals surface area (Å²) >= 11 is 0. The lowest BCUT2D eigenvalue weighted by molar-refractivity contribution is -0.797. The van der Waals surface area contributed by atoms with Crippen LogP contribution in [0.25, 0.3) is 0 Å². The second-order valence-corrected chi connectivity index (χ2v) is 7.99. The number of aliphatic hydroxyl groups is 1. The highest BCUT2D eigenvalue weighted by Crippen LogP contribution is 2.40. The number of benzene rings is 1. The smallest absolute Gasteiger partial charge is 0.385 e. The highest BCUT2D eigenvalue weighted by Gasteiger charge is 2.39. The third kappa shape index (κ3) is 5.32. The van der Waals surface area contributed by atoms with Crippen molar-refractivity contribution in [3.05, 3.63) is 40.3 Å². The predicted molar refractivity (Wildman–Crippen MR) is 93.0 cm³/mol. The van der Waals surface area contributed by atoms with Crippen LogP contribution in [-0.4, -0.2) is 33.8 Å². The van der Waals surface area contributed by atoms with Gasteiger partial charge in [0.15, 0.2) is 0 Å². The highest BCUT2D eigenvalue weighted by atomic mass is 19.4. The molecule has 0 heterocycles. The molecule has 0 aliphatic heterocycles. The number of nitroso groups, excluding NO2 is 1. The second-order valence-electron chi connectivity index (χ2n) is 7.99. The van der Waals surface area contributed by atoms with Gasteiger partial charge in [-0.05, 0) is 64.2 Å². The molecule has 0 radical (unpaired) electrons. The van der Waals surface area contributed by atoms with Crippen LogP contribution in [0.1, 0.15) is 57.6 Å². The van der Waals surface area contributed by atoms with Crippen LogP contribution < -0.4 is 5.59 Å². The van der Waals surface area contributed by atoms with Crippen molar-refractivity contribution < 1.29 is 28.1 Å². The molecule has 2 N–H and O–H groups in total. The lowest BCUT2D eigenvalue weighted by Gasteiger charge is -2.35. The maximum Gasteiger partial charge on any atom is 0.416 e. The van der Waals surface area contributed by atoms with Crippen LogP contribution in [0.3, 0.4) is 0 Å². The van der Waals surface area contributed by atoms with E-state index in [0.717, 1.165) is 12.1 Å². The van der Waals surface area contributed by atoms with Gasteiger partial charge < -0.3 is 5.11 Å². The van der Waals surface area contributed by atoms with Crippen molar-refractivity contribution in [1.82, 2.24) is 10.6 Å². The molecule has 1 fully saturated rings. The molecular weight excluding hydrogens is 363 g/mol. The number of halogens is 3. The Bertz CT molecular complexity index is 666. The molecule has 1 aromatic carbocycles. The molecule has 6 nitrogen and oxygen atoms in total. The Morgan fingerprint density at radius 1 is 1.26 bits per heavy atom. The van der Waals surface area contributed by atoms with Gasteiger partial charge >= 0.3 is 6.18 Å². The number of hydrogen-bond donors (Lipinski definition) is 2. The van der Waals surface area contributed by atoms with Crippen molar-refractivity contribution in [2.45, 2.75) is 69.9 Å². The second kappa shape index (κ2) is 7.63. The summed E-state index contributed by atoms with van der Waals surface area (Å²) < 4.78 is 38.7. The predicted octanol–water partition coefficient (Wildman–Crippen LogP) is 3.70. The maximum atomic E-state index is 12.9. The van der Waals surface area contributed by atoms with Gasteiger partial charge in [-0.25, -0.2) is 4.84 Å². The Kier molecular flexibility index (Phi) is 6.06. The number of nitrogens with zero attached hydrogens (tertiary/aromatic N) is 2. The monoisotopic (exact) mass is 390 g/mol. The zero-order chi connectivity index (χ0) is 20.5. The van der Waals surface area contributed by atoms with Gasteiger partial charge in [0.25, 0.3) is 4.98 Å². The van der Waals surface area contributed by atoms with E-state index in [1.807, 2.05) is 20.8 Å². The molecule has 152 valence electrons. The molecule has 0 aromatic heterocycles. The van der Waals surface area contributed by atoms with Crippen molar-refractivity contribution >= 4 is 0 Å². The Labute approximate surface area is 156 Å². The zero-order valence-corrected chi connectivity index (χ0v) is 16.0. The van der Waals surface area contributed by atoms with E-state index in [1.165, 1.54) is 17.1 Å². The SMILES string of the molecule is CN([N+](=O)NOC1CCC(O)(c2cccc(C(F)(F)F)c2)CC1)C(C)(C)C. The Morgan fingerprint density at radius 2 is 1.85 bits per heavy atom. The fourth-order valence-corrected chi connectivity index (χ4v) is 2.91. The molecule has 1 aromatic rings. The molecule has 1 aliphatic rings. The number of nitrogens with one attached hydrogen (secondary N) is 1. The van der Waals surface area contributed by atoms with Gasteiger partial charge in [-0.3, -0.25) is 0 Å². The average molecular weight is 390 g/mol. The van der Waals surface area contributed by atoms with Crippen LogP contribution in [0.5, 0.6) is 0 Å². The van der Waals surface area contributed by atoms with Crippen LogP contribution in [0.4, 0.5) is 13.2 Å². The Morgan fingerprint density at radius 3 is 2.37 bits per heavy atom. The molecule has 0 unspecified atom stereocenters. The van der Waals surface area contributed by atoms with Crippen LogP contribution in [0, 0.1) is 4.91 Å². The molecular formula is C18H27F3N3O3+. The summed E-state index contributed by atoms with van der Waals surface area (Å²) in [6, 6.07) is 4.79. The first-order chi connectivity index (χ1) is 12.3. The molecule has 0 atom stereocenters. The zero-order valence-electron chi connectivity index (χ0n) is 16.0. The van der Waals surface area contributed by atoms with E-state index in [0.29, 0.717) is 17.8 Å². The fraction of sp³-hybridized carbons (Fsp3) is 0.667. The molecule has 0 saturated heterocycles. The first-order valence-electron chi connectivity index (χ1n) is 8.85. The molecule has 1 saturated carbocycles. The van der Waals surface area contributed by atoms with Crippen LogP contribution >= 0.6 is 0 Å². The molecule has 27 heavy (non-hydrogen) atoms. The summed E-state index contributed by atoms with van der Waals surface area (Å²) in [5.74, 6) is 0. The summed E-state index contributed by atoms with van der Waals surface area (Å²) in [6.07, 6.45) is -3.46. The summed E-state index contributed by atoms with van der Waals surface area (Å²) in [7, 11) is 1.62. The van der Waals surface area contributed by atoms with Gasteiger partial charge in [0.05, 0.1) is 34.8 Å². The van der Waals surface area contributed by atoms with Gasteiger partial charge in [-0.15, -0.1) is 5.01 Å². The molecule has 0 bridgehead atoms. The highest BCUT2D eigenvalue weighted by molar-refractivity contribution is 5.30. The number of rotatable bonds is 5. The first kappa shape index (κ1) is 21.4. The van der Waals surface area contributed by atoms with E-state index in [1.54, 1.807) is 7.05 Å². The number of hydrogen-bond acceptors (Lipinski definition) is 3. The van der Waals surface area contributed by atoms with Crippen molar-refractivity contribution in [2.75, 3.05) is 7.05 Å². The van der Waals surface area contributed by atoms with E-state index in [4.69, 9.17) is 4.84 Å². The van der Waals surface area contributed by atoms with Gasteiger partial charge in [-0.2, -0.15) is 13.2 Å². The summed E-state index contributed by atoms with van der Waals surface area (Å²) in [5.41, 5.74) is 0.0752. The lowest BCUT2D eigenvalue weighted by Crippen LogP contribution is -2.50. The molecule has 2 rings (SSSR count). The first-order valence-corrected chi connectivity index (χ1v) is 8.85. The maximum absolute atomic E-state index is 12.9. The lowest BCUT2D eigenvalue weighted by atomic mass is 9.78. The van der Waals surface area contributed by atoms with E-state index < -0.39 is 22.9 Å². The van der Waals surface area contributed by atoms with Gasteiger partial charge in [0.2, 0.25) is 0 Å². The number of alkyl halides is 3.